The molecule has 2 fully saturated rings. The first kappa shape index (κ1) is 12.4. The van der Waals surface area contributed by atoms with Crippen molar-refractivity contribution in [1.29, 1.82) is 0 Å². The van der Waals surface area contributed by atoms with E-state index in [0.29, 0.717) is 17.4 Å². The Morgan fingerprint density at radius 1 is 1.37 bits per heavy atom. The Morgan fingerprint density at radius 3 is 2.58 bits per heavy atom. The number of carbonyl (C=O) groups is 1. The Hall–Kier alpha value is -1.62. The summed E-state index contributed by atoms with van der Waals surface area (Å²) in [6, 6.07) is 1.92. The molecule has 5 nitrogen and oxygen atoms in total. The van der Waals surface area contributed by atoms with Gasteiger partial charge < -0.3 is 16.0 Å². The topological polar surface area (TPSA) is 71.2 Å². The Morgan fingerprint density at radius 2 is 2.00 bits per heavy atom. The number of nitrogens with zero attached hydrogens (tertiary/aromatic N) is 2. The predicted octanol–water partition coefficient (Wildman–Crippen LogP) is 0.453. The van der Waals surface area contributed by atoms with Crippen molar-refractivity contribution in [3.8, 4) is 0 Å². The maximum atomic E-state index is 11.7. The molecule has 0 aliphatic carbocycles. The van der Waals surface area contributed by atoms with E-state index >= 15 is 0 Å². The van der Waals surface area contributed by atoms with Crippen LogP contribution in [-0.2, 0) is 0 Å². The number of primary amides is 1. The summed E-state index contributed by atoms with van der Waals surface area (Å²) in [6.07, 6.45) is 0. The molecular formula is C14H20N4O. The molecule has 5 heteroatoms. The van der Waals surface area contributed by atoms with Gasteiger partial charge in [0, 0.05) is 31.9 Å². The monoisotopic (exact) mass is 260 g/mol. The van der Waals surface area contributed by atoms with Crippen LogP contribution in [0.5, 0.6) is 0 Å². The summed E-state index contributed by atoms with van der Waals surface area (Å²) in [5, 5.41) is 3.42. The zero-order chi connectivity index (χ0) is 13.6. The molecule has 1 aromatic rings. The van der Waals surface area contributed by atoms with Crippen molar-refractivity contribution in [3.63, 3.8) is 0 Å². The molecule has 3 N–H and O–H groups in total. The number of nitrogens with two attached hydrogens (primary N) is 1. The normalized spacial score (nSPS) is 25.7. The lowest BCUT2D eigenvalue weighted by Gasteiger charge is -2.22. The van der Waals surface area contributed by atoms with Gasteiger partial charge in [-0.15, -0.1) is 0 Å². The van der Waals surface area contributed by atoms with Crippen LogP contribution in [0.2, 0.25) is 0 Å². The van der Waals surface area contributed by atoms with E-state index in [4.69, 9.17) is 5.73 Å². The second-order valence-electron chi connectivity index (χ2n) is 5.73. The van der Waals surface area contributed by atoms with Crippen LogP contribution >= 0.6 is 0 Å². The molecule has 0 radical (unpaired) electrons. The SMILES string of the molecule is Cc1cc(C)c(C(N)=O)c(N2C[C@H]3CNC[C@H]3C2)n1. The highest BCUT2D eigenvalue weighted by molar-refractivity contribution is 5.99. The number of anilines is 1. The van der Waals surface area contributed by atoms with Crippen molar-refractivity contribution >= 4 is 11.7 Å². The Bertz CT molecular complexity index is 516. The minimum atomic E-state index is -0.379. The van der Waals surface area contributed by atoms with E-state index < -0.39 is 0 Å². The van der Waals surface area contributed by atoms with E-state index in [1.807, 2.05) is 19.9 Å². The molecule has 3 rings (SSSR count). The first-order valence-corrected chi connectivity index (χ1v) is 6.80. The maximum Gasteiger partial charge on any atom is 0.252 e. The lowest BCUT2D eigenvalue weighted by Crippen LogP contribution is -2.29. The third-order valence-corrected chi connectivity index (χ3v) is 4.26. The average molecular weight is 260 g/mol. The number of aryl methyl sites for hydroxylation is 2. The first-order valence-electron chi connectivity index (χ1n) is 6.80. The van der Waals surface area contributed by atoms with Gasteiger partial charge >= 0.3 is 0 Å². The van der Waals surface area contributed by atoms with Crippen LogP contribution in [-0.4, -0.2) is 37.1 Å². The van der Waals surface area contributed by atoms with Crippen molar-refractivity contribution in [2.45, 2.75) is 13.8 Å². The van der Waals surface area contributed by atoms with Crippen LogP contribution in [0.4, 0.5) is 5.82 Å². The highest BCUT2D eigenvalue weighted by Crippen LogP contribution is 2.32. The fourth-order valence-electron chi connectivity index (χ4n) is 3.38. The van der Waals surface area contributed by atoms with Gasteiger partial charge in [-0.2, -0.15) is 0 Å². The Kier molecular flexibility index (Phi) is 2.93. The fourth-order valence-corrected chi connectivity index (χ4v) is 3.38. The minimum Gasteiger partial charge on any atom is -0.365 e. The van der Waals surface area contributed by atoms with Gasteiger partial charge in [-0.1, -0.05) is 0 Å². The van der Waals surface area contributed by atoms with Gasteiger partial charge in [-0.05, 0) is 37.3 Å². The van der Waals surface area contributed by atoms with Gasteiger partial charge in [0.15, 0.2) is 0 Å². The smallest absolute Gasteiger partial charge is 0.252 e. The molecule has 19 heavy (non-hydrogen) atoms. The van der Waals surface area contributed by atoms with E-state index in [-0.39, 0.29) is 5.91 Å². The van der Waals surface area contributed by atoms with E-state index in [1.54, 1.807) is 0 Å². The van der Waals surface area contributed by atoms with Gasteiger partial charge in [0.2, 0.25) is 0 Å². The van der Waals surface area contributed by atoms with Gasteiger partial charge in [0.1, 0.15) is 5.82 Å². The number of fused-ring (bicyclic) bond motifs is 1. The summed E-state index contributed by atoms with van der Waals surface area (Å²) in [5.41, 5.74) is 7.97. The third kappa shape index (κ3) is 2.08. The number of carbonyl (C=O) groups excluding carboxylic acids is 1. The highest BCUT2D eigenvalue weighted by atomic mass is 16.1. The number of aromatic nitrogens is 1. The number of pyridine rings is 1. The minimum absolute atomic E-state index is 0.379. The van der Waals surface area contributed by atoms with Gasteiger partial charge in [0.05, 0.1) is 5.56 Å². The molecule has 0 aromatic carbocycles. The second-order valence-corrected chi connectivity index (χ2v) is 5.73. The van der Waals surface area contributed by atoms with Crippen molar-refractivity contribution in [1.82, 2.24) is 10.3 Å². The zero-order valence-corrected chi connectivity index (χ0v) is 11.4. The van der Waals surface area contributed by atoms with Crippen LogP contribution in [0.1, 0.15) is 21.6 Å². The van der Waals surface area contributed by atoms with Crippen LogP contribution in [0.15, 0.2) is 6.07 Å². The molecule has 1 aromatic heterocycles. The number of hydrogen-bond acceptors (Lipinski definition) is 4. The molecule has 2 aliphatic heterocycles. The first-order chi connectivity index (χ1) is 9.06. The molecule has 0 spiro atoms. The Balaban J connectivity index is 1.98. The number of hydrogen-bond donors (Lipinski definition) is 2. The van der Waals surface area contributed by atoms with Crippen LogP contribution in [0.3, 0.4) is 0 Å². The quantitative estimate of drug-likeness (QED) is 0.810. The largest absolute Gasteiger partial charge is 0.365 e. The van der Waals surface area contributed by atoms with Crippen LogP contribution < -0.4 is 16.0 Å². The third-order valence-electron chi connectivity index (χ3n) is 4.26. The molecule has 0 bridgehead atoms. The summed E-state index contributed by atoms with van der Waals surface area (Å²) in [7, 11) is 0. The van der Waals surface area contributed by atoms with Crippen molar-refractivity contribution in [2.75, 3.05) is 31.1 Å². The summed E-state index contributed by atoms with van der Waals surface area (Å²) >= 11 is 0. The van der Waals surface area contributed by atoms with E-state index in [1.165, 1.54) is 0 Å². The van der Waals surface area contributed by atoms with E-state index in [2.05, 4.69) is 15.2 Å². The maximum absolute atomic E-state index is 11.7. The summed E-state index contributed by atoms with van der Waals surface area (Å²) in [4.78, 5) is 18.5. The van der Waals surface area contributed by atoms with Gasteiger partial charge in [0.25, 0.3) is 5.91 Å². The molecular weight excluding hydrogens is 240 g/mol. The molecule has 0 unspecified atom stereocenters. The molecule has 0 saturated carbocycles. The number of amides is 1. The van der Waals surface area contributed by atoms with Crippen LogP contribution in [0, 0.1) is 25.7 Å². The fraction of sp³-hybridized carbons (Fsp3) is 0.571. The molecule has 102 valence electrons. The zero-order valence-electron chi connectivity index (χ0n) is 11.4. The summed E-state index contributed by atoms with van der Waals surface area (Å²) < 4.78 is 0. The molecule has 2 atom stereocenters. The molecule has 1 amide bonds. The molecule has 2 aliphatic rings. The van der Waals surface area contributed by atoms with Crippen molar-refractivity contribution in [2.24, 2.45) is 17.6 Å². The van der Waals surface area contributed by atoms with E-state index in [9.17, 15) is 4.79 Å². The molecule has 2 saturated heterocycles. The predicted molar refractivity (Wildman–Crippen MR) is 74.3 cm³/mol. The summed E-state index contributed by atoms with van der Waals surface area (Å²) in [5.74, 6) is 1.74. The lowest BCUT2D eigenvalue weighted by atomic mass is 10.0. The average Bonchev–Trinajstić information content (AvgIpc) is 2.86. The van der Waals surface area contributed by atoms with Gasteiger partial charge in [-0.25, -0.2) is 4.98 Å². The van der Waals surface area contributed by atoms with Crippen molar-refractivity contribution < 1.29 is 4.79 Å². The second kappa shape index (κ2) is 4.49. The molecule has 3 heterocycles. The van der Waals surface area contributed by atoms with E-state index in [0.717, 1.165) is 43.3 Å². The lowest BCUT2D eigenvalue weighted by molar-refractivity contribution is 0.1000. The number of nitrogens with one attached hydrogen (secondary N) is 1. The Labute approximate surface area is 113 Å². The standard InChI is InChI=1S/C14H20N4O/c1-8-3-9(2)17-14(12(8)13(15)19)18-6-10-4-16-5-11(10)7-18/h3,10-11,16H,4-7H2,1-2H3,(H2,15,19)/t10-,11+. The van der Waals surface area contributed by atoms with Crippen molar-refractivity contribution in [3.05, 3.63) is 22.9 Å². The summed E-state index contributed by atoms with van der Waals surface area (Å²) in [6.45, 7) is 7.95. The van der Waals surface area contributed by atoms with Gasteiger partial charge in [-0.3, -0.25) is 4.79 Å². The number of rotatable bonds is 2. The highest BCUT2D eigenvalue weighted by Gasteiger charge is 2.37. The van der Waals surface area contributed by atoms with Crippen LogP contribution in [0.25, 0.3) is 0 Å².